The van der Waals surface area contributed by atoms with Gasteiger partial charge in [-0.2, -0.15) is 5.10 Å². The number of urea groups is 1. The van der Waals surface area contributed by atoms with Crippen molar-refractivity contribution in [2.75, 3.05) is 18.5 Å². The first kappa shape index (κ1) is 32.4. The molecule has 1 aliphatic carbocycles. The molecule has 10 nitrogen and oxygen atoms in total. The van der Waals surface area contributed by atoms with Crippen LogP contribution in [0.15, 0.2) is 60.7 Å². The summed E-state index contributed by atoms with van der Waals surface area (Å²) < 4.78 is 12.5. The van der Waals surface area contributed by atoms with Crippen molar-refractivity contribution in [2.24, 2.45) is 0 Å². The maximum atomic E-state index is 14.0. The lowest BCUT2D eigenvalue weighted by atomic mass is 9.83. The Morgan fingerprint density at radius 3 is 2.22 bits per heavy atom. The molecule has 0 spiro atoms. The van der Waals surface area contributed by atoms with Crippen molar-refractivity contribution in [3.8, 4) is 0 Å². The first-order valence-electron chi connectivity index (χ1n) is 15.7. The van der Waals surface area contributed by atoms with Crippen LogP contribution in [-0.2, 0) is 33.0 Å². The van der Waals surface area contributed by atoms with Crippen molar-refractivity contribution in [1.29, 1.82) is 0 Å². The zero-order valence-corrected chi connectivity index (χ0v) is 28.2. The molecule has 0 bridgehead atoms. The van der Waals surface area contributed by atoms with Gasteiger partial charge in [0.15, 0.2) is 0 Å². The first-order valence-corrected chi connectivity index (χ1v) is 19.2. The maximum Gasteiger partial charge on any atom is 0.436 e. The lowest BCUT2D eigenvalue weighted by molar-refractivity contribution is -0.121. The second-order valence-electron chi connectivity index (χ2n) is 13.5. The largest absolute Gasteiger partial charge is 0.448 e. The number of rotatable bonds is 10. The van der Waals surface area contributed by atoms with Gasteiger partial charge in [-0.25, -0.2) is 9.59 Å². The fourth-order valence-electron chi connectivity index (χ4n) is 6.42. The van der Waals surface area contributed by atoms with Crippen molar-refractivity contribution < 1.29 is 23.9 Å². The number of benzene rings is 2. The second-order valence-corrected chi connectivity index (χ2v) is 18.9. The molecule has 0 saturated heterocycles. The van der Waals surface area contributed by atoms with Crippen molar-refractivity contribution in [3.63, 3.8) is 0 Å². The van der Waals surface area contributed by atoms with Crippen LogP contribution >= 0.6 is 0 Å². The summed E-state index contributed by atoms with van der Waals surface area (Å²) in [5.41, 5.74) is 2.28. The number of hydrogen-bond acceptors (Lipinski definition) is 6. The molecule has 1 atom stereocenters. The van der Waals surface area contributed by atoms with Crippen LogP contribution in [0.3, 0.4) is 0 Å². The predicted molar refractivity (Wildman–Crippen MR) is 176 cm³/mol. The highest BCUT2D eigenvalue weighted by molar-refractivity contribution is 6.83. The van der Waals surface area contributed by atoms with Crippen LogP contribution in [-0.4, -0.2) is 54.0 Å². The molecule has 2 heterocycles. The van der Waals surface area contributed by atoms with Gasteiger partial charge in [0, 0.05) is 10.6 Å². The van der Waals surface area contributed by atoms with Crippen LogP contribution in [0.25, 0.3) is 0 Å². The third-order valence-electron chi connectivity index (χ3n) is 9.44. The molecular formula is C34H45N5O5Si. The molecule has 240 valence electrons. The van der Waals surface area contributed by atoms with Crippen LogP contribution in [0.2, 0.25) is 24.7 Å². The van der Waals surface area contributed by atoms with Gasteiger partial charge in [0.05, 0.1) is 51.7 Å². The van der Waals surface area contributed by atoms with Crippen LogP contribution in [0.4, 0.5) is 15.4 Å². The van der Waals surface area contributed by atoms with Gasteiger partial charge in [0.25, 0.3) is 0 Å². The highest BCUT2D eigenvalue weighted by Crippen LogP contribution is 2.56. The van der Waals surface area contributed by atoms with Gasteiger partial charge in [-0.15, -0.1) is 4.68 Å². The number of amides is 3. The average Bonchev–Trinajstić information content (AvgIpc) is 3.46. The van der Waals surface area contributed by atoms with Crippen LogP contribution in [0.5, 0.6) is 0 Å². The van der Waals surface area contributed by atoms with E-state index in [4.69, 9.17) is 9.47 Å². The van der Waals surface area contributed by atoms with E-state index in [0.717, 1.165) is 35.1 Å². The highest BCUT2D eigenvalue weighted by atomic mass is 28.3. The van der Waals surface area contributed by atoms with Crippen LogP contribution < -0.4 is 10.6 Å². The highest BCUT2D eigenvalue weighted by Gasteiger charge is 2.54. The van der Waals surface area contributed by atoms with E-state index in [9.17, 15) is 14.4 Å². The molecule has 1 aliphatic heterocycles. The van der Waals surface area contributed by atoms with Gasteiger partial charge in [0.2, 0.25) is 5.91 Å². The average molecular weight is 632 g/mol. The standard InChI is InChI=1S/C34H45N5O5Si/c1-7-44-32(42)39-29(36-30(40)34(19-14-20-34)45(4,5)6)26-21-38(33(2,3)28(26)37-39)31(41)35-27(25-17-12-9-13-18-25)23-43-22-24-15-10-8-11-16-24/h8-13,15-18,27H,7,14,19-23H2,1-6H3,(H,35,41)(H,36,40)/t27-/m1/s1. The van der Waals surface area contributed by atoms with E-state index >= 15 is 0 Å². The van der Waals surface area contributed by atoms with Crippen LogP contribution in [0, 0.1) is 0 Å². The van der Waals surface area contributed by atoms with Crippen molar-refractivity contribution in [1.82, 2.24) is 20.0 Å². The van der Waals surface area contributed by atoms with E-state index in [1.54, 1.807) is 11.8 Å². The molecule has 45 heavy (non-hydrogen) atoms. The van der Waals surface area contributed by atoms with Gasteiger partial charge in [-0.3, -0.25) is 4.79 Å². The number of aromatic nitrogens is 2. The molecule has 2 aliphatic rings. The van der Waals surface area contributed by atoms with Gasteiger partial charge in [0.1, 0.15) is 5.82 Å². The van der Waals surface area contributed by atoms with Crippen molar-refractivity contribution in [3.05, 3.63) is 83.0 Å². The van der Waals surface area contributed by atoms with E-state index in [0.29, 0.717) is 17.9 Å². The summed E-state index contributed by atoms with van der Waals surface area (Å²) in [5, 5.41) is 10.5. The summed E-state index contributed by atoms with van der Waals surface area (Å²) in [4.78, 5) is 42.6. The monoisotopic (exact) mass is 631 g/mol. The summed E-state index contributed by atoms with van der Waals surface area (Å²) in [6.45, 7) is 13.2. The number of ether oxygens (including phenoxy) is 2. The Bertz CT molecular complexity index is 1530. The molecule has 2 aromatic carbocycles. The molecule has 5 rings (SSSR count). The van der Waals surface area contributed by atoms with Gasteiger partial charge < -0.3 is 25.0 Å². The van der Waals surface area contributed by atoms with Crippen molar-refractivity contribution in [2.45, 2.75) is 89.4 Å². The topological polar surface area (TPSA) is 115 Å². The lowest BCUT2D eigenvalue weighted by Gasteiger charge is -2.48. The number of fused-ring (bicyclic) bond motifs is 1. The van der Waals surface area contributed by atoms with E-state index in [-0.39, 0.29) is 37.5 Å². The quantitative estimate of drug-likeness (QED) is 0.238. The molecule has 1 saturated carbocycles. The van der Waals surface area contributed by atoms with Gasteiger partial charge in [-0.1, -0.05) is 86.7 Å². The summed E-state index contributed by atoms with van der Waals surface area (Å²) in [7, 11) is -1.89. The van der Waals surface area contributed by atoms with Gasteiger partial charge >= 0.3 is 12.1 Å². The molecule has 3 aromatic rings. The number of anilines is 1. The van der Waals surface area contributed by atoms with Crippen LogP contribution in [0.1, 0.15) is 68.5 Å². The minimum Gasteiger partial charge on any atom is -0.448 e. The molecule has 2 N–H and O–H groups in total. The molecular weight excluding hydrogens is 586 g/mol. The fraction of sp³-hybridized carbons (Fsp3) is 0.471. The normalized spacial score (nSPS) is 17.2. The molecule has 11 heteroatoms. The Kier molecular flexibility index (Phi) is 9.23. The third kappa shape index (κ3) is 6.28. The Morgan fingerprint density at radius 2 is 1.64 bits per heavy atom. The first-order chi connectivity index (χ1) is 21.4. The Morgan fingerprint density at radius 1 is 1.00 bits per heavy atom. The van der Waals surface area contributed by atoms with E-state index in [2.05, 4.69) is 35.4 Å². The molecule has 3 amide bonds. The predicted octanol–water partition coefficient (Wildman–Crippen LogP) is 6.81. The van der Waals surface area contributed by atoms with E-state index in [1.807, 2.05) is 74.5 Å². The summed E-state index contributed by atoms with van der Waals surface area (Å²) in [5.74, 6) is 0.203. The number of nitrogens with zero attached hydrogens (tertiary/aromatic N) is 3. The number of carbonyl (C=O) groups excluding carboxylic acids is 3. The fourth-order valence-corrected chi connectivity index (χ4v) is 9.02. The lowest BCUT2D eigenvalue weighted by Crippen LogP contribution is -2.52. The minimum atomic E-state index is -1.89. The van der Waals surface area contributed by atoms with Crippen molar-refractivity contribution >= 4 is 31.9 Å². The number of carbonyl (C=O) groups is 3. The maximum absolute atomic E-state index is 14.0. The third-order valence-corrected chi connectivity index (χ3v) is 13.0. The minimum absolute atomic E-state index is 0.0819. The molecule has 0 radical (unpaired) electrons. The molecule has 0 unspecified atom stereocenters. The Labute approximate surface area is 266 Å². The van der Waals surface area contributed by atoms with E-state index < -0.39 is 30.8 Å². The SMILES string of the molecule is CCOC(=O)n1nc2c(c1NC(=O)C1([Si](C)(C)C)CCC1)CN(C(=O)N[C@H](COCc1ccccc1)c1ccccc1)C2(C)C. The summed E-state index contributed by atoms with van der Waals surface area (Å²) in [6, 6.07) is 18.9. The molecule has 1 aromatic heterocycles. The zero-order valence-electron chi connectivity index (χ0n) is 27.2. The molecule has 1 fully saturated rings. The summed E-state index contributed by atoms with van der Waals surface area (Å²) >= 11 is 0. The summed E-state index contributed by atoms with van der Waals surface area (Å²) in [6.07, 6.45) is 2.00. The van der Waals surface area contributed by atoms with E-state index in [1.165, 1.54) is 0 Å². The van der Waals surface area contributed by atoms with Gasteiger partial charge in [-0.05, 0) is 44.7 Å². The zero-order chi connectivity index (χ0) is 32.4. The number of hydrogen-bond donors (Lipinski definition) is 2. The Balaban J connectivity index is 1.40. The smallest absolute Gasteiger partial charge is 0.436 e. The number of nitrogens with one attached hydrogen (secondary N) is 2. The Hall–Kier alpha value is -3.96. The second kappa shape index (κ2) is 12.8.